The summed E-state index contributed by atoms with van der Waals surface area (Å²) in [6.45, 7) is 7.26. The molecule has 2 unspecified atom stereocenters. The Morgan fingerprint density at radius 2 is 1.50 bits per heavy atom. The molecular weight excluding hydrogens is 262 g/mol. The maximum atomic E-state index is 9.25. The Balaban J connectivity index is 3.46. The molecule has 0 aromatic carbocycles. The topological polar surface area (TPSA) is 83.2 Å². The van der Waals surface area contributed by atoms with Crippen molar-refractivity contribution in [1.82, 2.24) is 0 Å². The van der Waals surface area contributed by atoms with E-state index in [1.54, 1.807) is 7.11 Å². The van der Waals surface area contributed by atoms with Gasteiger partial charge in [0.05, 0.1) is 52.4 Å². The quantitative estimate of drug-likeness (QED) is 0.452. The van der Waals surface area contributed by atoms with E-state index in [1.807, 2.05) is 0 Å². The summed E-state index contributed by atoms with van der Waals surface area (Å²) in [4.78, 5) is 0. The lowest BCUT2D eigenvalue weighted by Crippen LogP contribution is -2.41. The number of nitrogens with two attached hydrogens (primary N) is 1. The molecule has 0 spiro atoms. The van der Waals surface area contributed by atoms with Crippen LogP contribution in [0.2, 0.25) is 0 Å². The van der Waals surface area contributed by atoms with Gasteiger partial charge < -0.3 is 29.8 Å². The Hall–Kier alpha value is -0.240. The van der Waals surface area contributed by atoms with Gasteiger partial charge in [-0.25, -0.2) is 0 Å². The summed E-state index contributed by atoms with van der Waals surface area (Å²) < 4.78 is 21.0. The van der Waals surface area contributed by atoms with Gasteiger partial charge in [0.15, 0.2) is 0 Å². The van der Waals surface area contributed by atoms with E-state index in [1.165, 1.54) is 0 Å². The maximum Gasteiger partial charge on any atom is 0.0957 e. The van der Waals surface area contributed by atoms with Crippen molar-refractivity contribution in [1.29, 1.82) is 0 Å². The van der Waals surface area contributed by atoms with E-state index >= 15 is 0 Å². The fourth-order valence-electron chi connectivity index (χ4n) is 1.73. The monoisotopic (exact) mass is 293 g/mol. The SMILES string of the molecule is COCCOCCOCCOC(CO)C(N)CC(C)C. The van der Waals surface area contributed by atoms with Crippen LogP contribution >= 0.6 is 0 Å². The van der Waals surface area contributed by atoms with Crippen LogP contribution in [-0.2, 0) is 18.9 Å². The fraction of sp³-hybridized carbons (Fsp3) is 1.00. The Bertz CT molecular complexity index is 204. The van der Waals surface area contributed by atoms with E-state index in [0.717, 1.165) is 6.42 Å². The smallest absolute Gasteiger partial charge is 0.0957 e. The average Bonchev–Trinajstić information content (AvgIpc) is 2.40. The molecule has 20 heavy (non-hydrogen) atoms. The van der Waals surface area contributed by atoms with Crippen molar-refractivity contribution in [3.8, 4) is 0 Å². The lowest BCUT2D eigenvalue weighted by molar-refractivity contribution is -0.0414. The number of methoxy groups -OCH3 is 1. The maximum absolute atomic E-state index is 9.25. The van der Waals surface area contributed by atoms with Gasteiger partial charge in [-0.15, -0.1) is 0 Å². The van der Waals surface area contributed by atoms with E-state index in [2.05, 4.69) is 13.8 Å². The Labute approximate surface area is 122 Å². The summed E-state index contributed by atoms with van der Waals surface area (Å²) in [6, 6.07) is -0.141. The molecule has 0 aromatic rings. The second kappa shape index (κ2) is 13.7. The van der Waals surface area contributed by atoms with Crippen LogP contribution < -0.4 is 5.73 Å². The standard InChI is InChI=1S/C14H31NO5/c1-12(2)10-13(15)14(11-16)20-9-8-19-7-6-18-5-4-17-3/h12-14,16H,4-11,15H2,1-3H3. The molecule has 0 aliphatic heterocycles. The van der Waals surface area contributed by atoms with Gasteiger partial charge in [-0.05, 0) is 12.3 Å². The largest absolute Gasteiger partial charge is 0.394 e. The van der Waals surface area contributed by atoms with Crippen molar-refractivity contribution in [2.45, 2.75) is 32.4 Å². The van der Waals surface area contributed by atoms with Crippen molar-refractivity contribution >= 4 is 0 Å². The van der Waals surface area contributed by atoms with Crippen molar-refractivity contribution in [3.63, 3.8) is 0 Å². The first-order valence-corrected chi connectivity index (χ1v) is 7.24. The molecule has 0 aromatic heterocycles. The van der Waals surface area contributed by atoms with E-state index < -0.39 is 0 Å². The highest BCUT2D eigenvalue weighted by atomic mass is 16.6. The molecule has 0 heterocycles. The highest BCUT2D eigenvalue weighted by Gasteiger charge is 2.18. The predicted octanol–water partition coefficient (Wildman–Crippen LogP) is 0.417. The number of rotatable bonds is 14. The zero-order valence-corrected chi connectivity index (χ0v) is 13.0. The molecule has 2 atom stereocenters. The molecule has 6 heteroatoms. The van der Waals surface area contributed by atoms with Gasteiger partial charge >= 0.3 is 0 Å². The minimum absolute atomic E-state index is 0.0615. The zero-order valence-electron chi connectivity index (χ0n) is 13.0. The first-order valence-electron chi connectivity index (χ1n) is 7.24. The van der Waals surface area contributed by atoms with Crippen LogP contribution in [0.4, 0.5) is 0 Å². The Kier molecular flexibility index (Phi) is 13.6. The number of aliphatic hydroxyl groups excluding tert-OH is 1. The molecule has 0 radical (unpaired) electrons. The predicted molar refractivity (Wildman–Crippen MR) is 77.8 cm³/mol. The molecule has 122 valence electrons. The summed E-state index contributed by atoms with van der Waals surface area (Å²) in [5.74, 6) is 0.489. The first kappa shape index (κ1) is 19.8. The number of hydrogen-bond acceptors (Lipinski definition) is 6. The third-order valence-corrected chi connectivity index (χ3v) is 2.76. The van der Waals surface area contributed by atoms with Crippen LogP contribution in [0.1, 0.15) is 20.3 Å². The normalized spacial score (nSPS) is 14.7. The molecule has 0 amide bonds. The molecule has 0 aliphatic carbocycles. The molecule has 3 N–H and O–H groups in total. The van der Waals surface area contributed by atoms with Gasteiger partial charge in [0.1, 0.15) is 0 Å². The third kappa shape index (κ3) is 11.6. The molecule has 0 bridgehead atoms. The van der Waals surface area contributed by atoms with Crippen molar-refractivity contribution in [2.75, 3.05) is 53.4 Å². The Morgan fingerprint density at radius 1 is 0.950 bits per heavy atom. The summed E-state index contributed by atoms with van der Waals surface area (Å²) in [6.07, 6.45) is 0.512. The summed E-state index contributed by atoms with van der Waals surface area (Å²) in [5, 5.41) is 9.25. The fourth-order valence-corrected chi connectivity index (χ4v) is 1.73. The molecular formula is C14H31NO5. The highest BCUT2D eigenvalue weighted by Crippen LogP contribution is 2.08. The lowest BCUT2D eigenvalue weighted by Gasteiger charge is -2.23. The van der Waals surface area contributed by atoms with Crippen LogP contribution in [0.25, 0.3) is 0 Å². The number of hydrogen-bond donors (Lipinski definition) is 2. The molecule has 0 fully saturated rings. The highest BCUT2D eigenvalue weighted by molar-refractivity contribution is 4.74. The van der Waals surface area contributed by atoms with Crippen molar-refractivity contribution in [2.24, 2.45) is 11.7 Å². The average molecular weight is 293 g/mol. The van der Waals surface area contributed by atoms with Crippen LogP contribution in [0, 0.1) is 5.92 Å². The van der Waals surface area contributed by atoms with E-state index in [-0.39, 0.29) is 18.8 Å². The van der Waals surface area contributed by atoms with Crippen LogP contribution in [0.3, 0.4) is 0 Å². The Morgan fingerprint density at radius 3 is 2.00 bits per heavy atom. The van der Waals surface area contributed by atoms with Gasteiger partial charge in [-0.1, -0.05) is 13.8 Å². The lowest BCUT2D eigenvalue weighted by atomic mass is 10.0. The van der Waals surface area contributed by atoms with Crippen molar-refractivity contribution < 1.29 is 24.1 Å². The number of ether oxygens (including phenoxy) is 4. The minimum atomic E-state index is -0.320. The van der Waals surface area contributed by atoms with Crippen LogP contribution in [0.5, 0.6) is 0 Å². The van der Waals surface area contributed by atoms with Gasteiger partial charge in [0.2, 0.25) is 0 Å². The number of aliphatic hydroxyl groups is 1. The van der Waals surface area contributed by atoms with Gasteiger partial charge in [-0.2, -0.15) is 0 Å². The van der Waals surface area contributed by atoms with E-state index in [9.17, 15) is 5.11 Å². The van der Waals surface area contributed by atoms with Crippen LogP contribution in [0.15, 0.2) is 0 Å². The van der Waals surface area contributed by atoms with Crippen molar-refractivity contribution in [3.05, 3.63) is 0 Å². The third-order valence-electron chi connectivity index (χ3n) is 2.76. The summed E-state index contributed by atoms with van der Waals surface area (Å²) >= 11 is 0. The first-order chi connectivity index (χ1) is 9.61. The van der Waals surface area contributed by atoms with Gasteiger partial charge in [0.25, 0.3) is 0 Å². The molecule has 6 nitrogen and oxygen atoms in total. The van der Waals surface area contributed by atoms with E-state index in [0.29, 0.717) is 45.6 Å². The van der Waals surface area contributed by atoms with Gasteiger partial charge in [0, 0.05) is 13.2 Å². The molecule has 0 aliphatic rings. The van der Waals surface area contributed by atoms with Gasteiger partial charge in [-0.3, -0.25) is 0 Å². The summed E-state index contributed by atoms with van der Waals surface area (Å²) in [5.41, 5.74) is 5.98. The van der Waals surface area contributed by atoms with E-state index in [4.69, 9.17) is 24.7 Å². The zero-order chi connectivity index (χ0) is 15.2. The molecule has 0 saturated carbocycles. The molecule has 0 saturated heterocycles. The second-order valence-corrected chi connectivity index (χ2v) is 5.10. The molecule has 0 rings (SSSR count). The minimum Gasteiger partial charge on any atom is -0.394 e. The van der Waals surface area contributed by atoms with Crippen LogP contribution in [-0.4, -0.2) is 70.6 Å². The summed E-state index contributed by atoms with van der Waals surface area (Å²) in [7, 11) is 1.64. The second-order valence-electron chi connectivity index (χ2n) is 5.10.